The van der Waals surface area contributed by atoms with E-state index in [1.807, 2.05) is 0 Å². The Morgan fingerprint density at radius 1 is 1.09 bits per heavy atom. The number of guanidine groups is 1. The molecule has 1 heterocycles. The van der Waals surface area contributed by atoms with Crippen LogP contribution < -0.4 is 10.6 Å². The summed E-state index contributed by atoms with van der Waals surface area (Å²) in [6.07, 6.45) is 9.88. The molecule has 3 aliphatic rings. The zero-order valence-corrected chi connectivity index (χ0v) is 14.6. The zero-order chi connectivity index (χ0) is 15.9. The van der Waals surface area contributed by atoms with Crippen molar-refractivity contribution in [2.45, 2.75) is 64.0 Å². The van der Waals surface area contributed by atoms with Gasteiger partial charge in [-0.3, -0.25) is 4.99 Å². The maximum absolute atomic E-state index is 5.68. The second-order valence-corrected chi connectivity index (χ2v) is 7.25. The fourth-order valence-electron chi connectivity index (χ4n) is 4.35. The summed E-state index contributed by atoms with van der Waals surface area (Å²) in [5.41, 5.74) is 0. The summed E-state index contributed by atoms with van der Waals surface area (Å²) in [6.45, 7) is 5.76. The van der Waals surface area contributed by atoms with E-state index in [1.165, 1.54) is 44.9 Å². The van der Waals surface area contributed by atoms with E-state index in [4.69, 9.17) is 14.5 Å². The van der Waals surface area contributed by atoms with Crippen LogP contribution in [0, 0.1) is 11.8 Å². The minimum atomic E-state index is 0.105. The number of nitrogens with one attached hydrogen (secondary N) is 2. The predicted molar refractivity (Wildman–Crippen MR) is 92.8 cm³/mol. The first-order valence-corrected chi connectivity index (χ1v) is 9.59. The lowest BCUT2D eigenvalue weighted by Gasteiger charge is -2.40. The SMILES string of the molecule is CCNC(=NCC1COCCO1)NC1CCC2CCCCC2C1. The molecule has 1 aliphatic heterocycles. The Bertz CT molecular complexity index is 382. The van der Waals surface area contributed by atoms with E-state index >= 15 is 0 Å². The van der Waals surface area contributed by atoms with Crippen LogP contribution in [0.2, 0.25) is 0 Å². The van der Waals surface area contributed by atoms with Crippen molar-refractivity contribution in [2.24, 2.45) is 16.8 Å². The van der Waals surface area contributed by atoms with Crippen LogP contribution in [0.1, 0.15) is 51.9 Å². The van der Waals surface area contributed by atoms with Gasteiger partial charge in [-0.2, -0.15) is 0 Å². The average Bonchev–Trinajstić information content (AvgIpc) is 2.61. The zero-order valence-electron chi connectivity index (χ0n) is 14.6. The molecule has 0 amide bonds. The molecule has 2 N–H and O–H groups in total. The van der Waals surface area contributed by atoms with Crippen LogP contribution in [-0.2, 0) is 9.47 Å². The summed E-state index contributed by atoms with van der Waals surface area (Å²) in [5, 5.41) is 7.06. The van der Waals surface area contributed by atoms with Crippen molar-refractivity contribution in [1.82, 2.24) is 10.6 Å². The van der Waals surface area contributed by atoms with Gasteiger partial charge in [0.2, 0.25) is 0 Å². The van der Waals surface area contributed by atoms with Gasteiger partial charge < -0.3 is 20.1 Å². The minimum absolute atomic E-state index is 0.105. The van der Waals surface area contributed by atoms with E-state index in [-0.39, 0.29) is 6.10 Å². The first kappa shape index (κ1) is 17.0. The smallest absolute Gasteiger partial charge is 0.191 e. The molecule has 4 atom stereocenters. The highest BCUT2D eigenvalue weighted by atomic mass is 16.6. The second kappa shape index (κ2) is 8.88. The number of fused-ring (bicyclic) bond motifs is 1. The Hall–Kier alpha value is -0.810. The van der Waals surface area contributed by atoms with Crippen LogP contribution in [0.15, 0.2) is 4.99 Å². The normalized spacial score (nSPS) is 35.4. The summed E-state index contributed by atoms with van der Waals surface area (Å²) in [5.74, 6) is 2.88. The van der Waals surface area contributed by atoms with Crippen LogP contribution in [0.3, 0.4) is 0 Å². The highest BCUT2D eigenvalue weighted by Crippen LogP contribution is 2.40. The van der Waals surface area contributed by atoms with Crippen molar-refractivity contribution in [3.63, 3.8) is 0 Å². The van der Waals surface area contributed by atoms with Crippen molar-refractivity contribution in [3.8, 4) is 0 Å². The summed E-state index contributed by atoms with van der Waals surface area (Å²) < 4.78 is 11.1. The fourth-order valence-corrected chi connectivity index (χ4v) is 4.35. The van der Waals surface area contributed by atoms with E-state index < -0.39 is 0 Å². The van der Waals surface area contributed by atoms with Crippen molar-refractivity contribution >= 4 is 5.96 Å². The van der Waals surface area contributed by atoms with E-state index in [1.54, 1.807) is 0 Å². The Morgan fingerprint density at radius 3 is 2.74 bits per heavy atom. The molecule has 3 rings (SSSR count). The first-order chi connectivity index (χ1) is 11.3. The number of aliphatic imine (C=N–C) groups is 1. The topological polar surface area (TPSA) is 54.9 Å². The van der Waals surface area contributed by atoms with Gasteiger partial charge in [-0.1, -0.05) is 25.7 Å². The lowest BCUT2D eigenvalue weighted by atomic mass is 9.69. The van der Waals surface area contributed by atoms with Crippen molar-refractivity contribution in [2.75, 3.05) is 32.9 Å². The molecular weight excluding hydrogens is 290 g/mol. The van der Waals surface area contributed by atoms with Crippen LogP contribution in [0.4, 0.5) is 0 Å². The molecule has 5 heteroatoms. The van der Waals surface area contributed by atoms with Gasteiger partial charge in [-0.05, 0) is 38.0 Å². The molecule has 0 aromatic heterocycles. The van der Waals surface area contributed by atoms with Gasteiger partial charge in [0.1, 0.15) is 6.10 Å². The summed E-state index contributed by atoms with van der Waals surface area (Å²) in [6, 6.07) is 0.579. The summed E-state index contributed by atoms with van der Waals surface area (Å²) in [4.78, 5) is 4.72. The molecule has 132 valence electrons. The molecule has 23 heavy (non-hydrogen) atoms. The summed E-state index contributed by atoms with van der Waals surface area (Å²) in [7, 11) is 0. The minimum Gasteiger partial charge on any atom is -0.376 e. The van der Waals surface area contributed by atoms with Gasteiger partial charge in [0.25, 0.3) is 0 Å². The molecule has 0 spiro atoms. The predicted octanol–water partition coefficient (Wildman–Crippen LogP) is 2.32. The van der Waals surface area contributed by atoms with Crippen molar-refractivity contribution < 1.29 is 9.47 Å². The molecule has 2 aliphatic carbocycles. The lowest BCUT2D eigenvalue weighted by Crippen LogP contribution is -2.47. The standard InChI is InChI=1S/C18H33N3O2/c1-2-19-18(20-12-17-13-22-9-10-23-17)21-16-8-7-14-5-3-4-6-15(14)11-16/h14-17H,2-13H2,1H3,(H2,19,20,21). The molecule has 3 fully saturated rings. The Morgan fingerprint density at radius 2 is 1.96 bits per heavy atom. The van der Waals surface area contributed by atoms with Gasteiger partial charge in [-0.25, -0.2) is 0 Å². The van der Waals surface area contributed by atoms with Gasteiger partial charge in [0.15, 0.2) is 5.96 Å². The quantitative estimate of drug-likeness (QED) is 0.616. The molecule has 0 bridgehead atoms. The molecule has 0 aromatic carbocycles. The number of ether oxygens (including phenoxy) is 2. The molecule has 0 aromatic rings. The van der Waals surface area contributed by atoms with E-state index in [0.717, 1.165) is 24.3 Å². The van der Waals surface area contributed by atoms with E-state index in [0.29, 0.717) is 32.4 Å². The number of rotatable bonds is 4. The van der Waals surface area contributed by atoms with Crippen molar-refractivity contribution in [3.05, 3.63) is 0 Å². The Kier molecular flexibility index (Phi) is 6.57. The number of hydrogen-bond acceptors (Lipinski definition) is 3. The molecule has 1 saturated heterocycles. The van der Waals surface area contributed by atoms with Crippen LogP contribution in [0.25, 0.3) is 0 Å². The third-order valence-electron chi connectivity index (χ3n) is 5.56. The van der Waals surface area contributed by atoms with Crippen LogP contribution in [0.5, 0.6) is 0 Å². The molecule has 2 saturated carbocycles. The van der Waals surface area contributed by atoms with Crippen LogP contribution >= 0.6 is 0 Å². The fraction of sp³-hybridized carbons (Fsp3) is 0.944. The molecule has 0 radical (unpaired) electrons. The van der Waals surface area contributed by atoms with Crippen LogP contribution in [-0.4, -0.2) is 51.0 Å². The maximum Gasteiger partial charge on any atom is 0.191 e. The molecule has 4 unspecified atom stereocenters. The highest BCUT2D eigenvalue weighted by Gasteiger charge is 2.32. The monoisotopic (exact) mass is 323 g/mol. The lowest BCUT2D eigenvalue weighted by molar-refractivity contribution is -0.0833. The molecule has 5 nitrogen and oxygen atoms in total. The summed E-state index contributed by atoms with van der Waals surface area (Å²) >= 11 is 0. The Balaban J connectivity index is 1.49. The van der Waals surface area contributed by atoms with Crippen molar-refractivity contribution in [1.29, 1.82) is 0 Å². The third kappa shape index (κ3) is 5.08. The second-order valence-electron chi connectivity index (χ2n) is 7.25. The van der Waals surface area contributed by atoms with Gasteiger partial charge in [0, 0.05) is 12.6 Å². The van der Waals surface area contributed by atoms with Gasteiger partial charge >= 0.3 is 0 Å². The maximum atomic E-state index is 5.68. The molecular formula is C18H33N3O2. The van der Waals surface area contributed by atoms with E-state index in [2.05, 4.69) is 17.6 Å². The Labute approximate surface area is 140 Å². The van der Waals surface area contributed by atoms with E-state index in [9.17, 15) is 0 Å². The first-order valence-electron chi connectivity index (χ1n) is 9.59. The number of nitrogens with zero attached hydrogens (tertiary/aromatic N) is 1. The third-order valence-corrected chi connectivity index (χ3v) is 5.56. The highest BCUT2D eigenvalue weighted by molar-refractivity contribution is 5.80. The van der Waals surface area contributed by atoms with Gasteiger partial charge in [0.05, 0.1) is 26.4 Å². The largest absolute Gasteiger partial charge is 0.376 e. The number of hydrogen-bond donors (Lipinski definition) is 2. The average molecular weight is 323 g/mol. The van der Waals surface area contributed by atoms with Gasteiger partial charge in [-0.15, -0.1) is 0 Å².